The van der Waals surface area contributed by atoms with E-state index in [1.165, 1.54) is 5.56 Å². The van der Waals surface area contributed by atoms with Gasteiger partial charge in [-0.25, -0.2) is 4.98 Å². The Morgan fingerprint density at radius 2 is 1.91 bits per heavy atom. The molecular weight excluding hydrogens is 306 g/mol. The third-order valence-electron chi connectivity index (χ3n) is 3.42. The van der Waals surface area contributed by atoms with E-state index in [-0.39, 0.29) is 6.04 Å². The Morgan fingerprint density at radius 1 is 1.17 bits per heavy atom. The first-order valence-corrected chi connectivity index (χ1v) is 8.12. The summed E-state index contributed by atoms with van der Waals surface area (Å²) in [5.74, 6) is 1.15. The van der Waals surface area contributed by atoms with Crippen LogP contribution in [0.2, 0.25) is 0 Å². The molecule has 0 aliphatic carbocycles. The van der Waals surface area contributed by atoms with Crippen LogP contribution >= 0.6 is 12.2 Å². The first-order valence-electron chi connectivity index (χ1n) is 7.71. The quantitative estimate of drug-likeness (QED) is 0.779. The van der Waals surface area contributed by atoms with E-state index in [1.54, 1.807) is 19.4 Å². The highest BCUT2D eigenvalue weighted by Gasteiger charge is 2.14. The molecular formula is C18H23N3OS. The molecule has 2 N–H and O–H groups in total. The Hall–Kier alpha value is -2.14. The number of nitrogens with zero attached hydrogens (tertiary/aromatic N) is 1. The van der Waals surface area contributed by atoms with Crippen LogP contribution in [0.15, 0.2) is 48.7 Å². The van der Waals surface area contributed by atoms with Crippen molar-refractivity contribution in [3.8, 4) is 5.88 Å². The molecule has 122 valence electrons. The van der Waals surface area contributed by atoms with Gasteiger partial charge in [0.25, 0.3) is 0 Å². The maximum absolute atomic E-state index is 5.45. The fraction of sp³-hybridized carbons (Fsp3) is 0.333. The number of rotatable bonds is 6. The molecule has 0 saturated carbocycles. The lowest BCUT2D eigenvalue weighted by Crippen LogP contribution is -2.33. The van der Waals surface area contributed by atoms with E-state index in [0.29, 0.717) is 16.9 Å². The van der Waals surface area contributed by atoms with Crippen LogP contribution in [-0.4, -0.2) is 17.2 Å². The zero-order chi connectivity index (χ0) is 16.7. The molecule has 1 aromatic carbocycles. The van der Waals surface area contributed by atoms with Crippen molar-refractivity contribution in [2.45, 2.75) is 26.3 Å². The Bertz CT molecular complexity index is 614. The van der Waals surface area contributed by atoms with Gasteiger partial charge >= 0.3 is 0 Å². The Kier molecular flexibility index (Phi) is 6.35. The van der Waals surface area contributed by atoms with E-state index in [4.69, 9.17) is 17.0 Å². The lowest BCUT2D eigenvalue weighted by atomic mass is 9.97. The molecule has 0 radical (unpaired) electrons. The van der Waals surface area contributed by atoms with E-state index < -0.39 is 0 Å². The first kappa shape index (κ1) is 17.2. The molecule has 1 aromatic heterocycles. The topological polar surface area (TPSA) is 46.2 Å². The van der Waals surface area contributed by atoms with Crippen molar-refractivity contribution < 1.29 is 4.74 Å². The predicted molar refractivity (Wildman–Crippen MR) is 98.8 cm³/mol. The molecule has 0 unspecified atom stereocenters. The van der Waals surface area contributed by atoms with Gasteiger partial charge in [-0.1, -0.05) is 44.2 Å². The number of pyridine rings is 1. The number of benzene rings is 1. The average molecular weight is 329 g/mol. The first-order chi connectivity index (χ1) is 11.1. The zero-order valence-corrected chi connectivity index (χ0v) is 14.6. The number of aromatic nitrogens is 1. The minimum atomic E-state index is 0.183. The van der Waals surface area contributed by atoms with E-state index >= 15 is 0 Å². The Balaban J connectivity index is 2.02. The van der Waals surface area contributed by atoms with Gasteiger partial charge in [0.2, 0.25) is 5.88 Å². The van der Waals surface area contributed by atoms with Crippen LogP contribution < -0.4 is 15.4 Å². The van der Waals surface area contributed by atoms with E-state index in [0.717, 1.165) is 12.1 Å². The summed E-state index contributed by atoms with van der Waals surface area (Å²) in [4.78, 5) is 4.16. The van der Waals surface area contributed by atoms with Crippen molar-refractivity contribution in [1.29, 1.82) is 0 Å². The van der Waals surface area contributed by atoms with Crippen molar-refractivity contribution in [3.05, 3.63) is 54.2 Å². The molecule has 0 aliphatic rings. The number of anilines is 1. The Labute approximate surface area is 143 Å². The van der Waals surface area contributed by atoms with Crippen molar-refractivity contribution in [2.24, 2.45) is 5.92 Å². The van der Waals surface area contributed by atoms with Gasteiger partial charge in [0, 0.05) is 6.07 Å². The largest absolute Gasteiger partial charge is 0.481 e. The highest BCUT2D eigenvalue weighted by Crippen LogP contribution is 2.21. The minimum Gasteiger partial charge on any atom is -0.481 e. The molecule has 0 aliphatic heterocycles. The van der Waals surface area contributed by atoms with Gasteiger partial charge < -0.3 is 15.4 Å². The number of methoxy groups -OCH3 is 1. The van der Waals surface area contributed by atoms with Crippen LogP contribution in [0.1, 0.15) is 31.9 Å². The second-order valence-corrected chi connectivity index (χ2v) is 6.19. The zero-order valence-electron chi connectivity index (χ0n) is 13.7. The summed E-state index contributed by atoms with van der Waals surface area (Å²) in [6, 6.07) is 14.2. The molecule has 0 amide bonds. The monoisotopic (exact) mass is 329 g/mol. The molecule has 2 aromatic rings. The molecule has 0 bridgehead atoms. The van der Waals surface area contributed by atoms with E-state index in [9.17, 15) is 0 Å². The van der Waals surface area contributed by atoms with Crippen LogP contribution in [0.4, 0.5) is 5.69 Å². The van der Waals surface area contributed by atoms with Gasteiger partial charge in [-0.15, -0.1) is 0 Å². The van der Waals surface area contributed by atoms with Gasteiger partial charge in [0.05, 0.1) is 25.0 Å². The summed E-state index contributed by atoms with van der Waals surface area (Å²) in [5.41, 5.74) is 2.07. The van der Waals surface area contributed by atoms with Crippen molar-refractivity contribution in [2.75, 3.05) is 12.4 Å². The SMILES string of the molecule is COc1ccc(NC(=S)N[C@H](CC(C)C)c2ccccc2)cn1. The number of ether oxygens (including phenoxy) is 1. The van der Waals surface area contributed by atoms with Crippen LogP contribution in [-0.2, 0) is 0 Å². The van der Waals surface area contributed by atoms with Crippen LogP contribution in [0.25, 0.3) is 0 Å². The van der Waals surface area contributed by atoms with Gasteiger partial charge in [-0.05, 0) is 36.2 Å². The van der Waals surface area contributed by atoms with Crippen LogP contribution in [0.5, 0.6) is 5.88 Å². The second-order valence-electron chi connectivity index (χ2n) is 5.78. The van der Waals surface area contributed by atoms with Crippen molar-refractivity contribution in [3.63, 3.8) is 0 Å². The Morgan fingerprint density at radius 3 is 2.48 bits per heavy atom. The highest BCUT2D eigenvalue weighted by molar-refractivity contribution is 7.80. The normalized spacial score (nSPS) is 11.8. The molecule has 4 nitrogen and oxygen atoms in total. The number of hydrogen-bond donors (Lipinski definition) is 2. The average Bonchev–Trinajstić information content (AvgIpc) is 2.55. The minimum absolute atomic E-state index is 0.183. The molecule has 23 heavy (non-hydrogen) atoms. The molecule has 0 fully saturated rings. The lowest BCUT2D eigenvalue weighted by molar-refractivity contribution is 0.398. The van der Waals surface area contributed by atoms with Crippen molar-refractivity contribution in [1.82, 2.24) is 10.3 Å². The van der Waals surface area contributed by atoms with Crippen LogP contribution in [0.3, 0.4) is 0 Å². The fourth-order valence-electron chi connectivity index (χ4n) is 2.34. The molecule has 2 rings (SSSR count). The predicted octanol–water partition coefficient (Wildman–Crippen LogP) is 4.16. The summed E-state index contributed by atoms with van der Waals surface area (Å²) in [6.45, 7) is 4.42. The number of hydrogen-bond acceptors (Lipinski definition) is 3. The second kappa shape index (κ2) is 8.48. The summed E-state index contributed by atoms with van der Waals surface area (Å²) in [6.07, 6.45) is 2.71. The summed E-state index contributed by atoms with van der Waals surface area (Å²) in [5, 5.41) is 7.16. The van der Waals surface area contributed by atoms with E-state index in [1.807, 2.05) is 24.3 Å². The maximum atomic E-state index is 5.45. The molecule has 1 heterocycles. The third-order valence-corrected chi connectivity index (χ3v) is 3.64. The third kappa shape index (κ3) is 5.53. The standard InChI is InChI=1S/C18H23N3OS/c1-13(2)11-16(14-7-5-4-6-8-14)21-18(23)20-15-9-10-17(22-3)19-12-15/h4-10,12-13,16H,11H2,1-3H3,(H2,20,21,23)/t16-/m1/s1. The van der Waals surface area contributed by atoms with Gasteiger partial charge in [0.15, 0.2) is 5.11 Å². The summed E-state index contributed by atoms with van der Waals surface area (Å²) < 4.78 is 5.05. The van der Waals surface area contributed by atoms with E-state index in [2.05, 4.69) is 41.6 Å². The van der Waals surface area contributed by atoms with Crippen molar-refractivity contribution >= 4 is 23.0 Å². The molecule has 0 spiro atoms. The summed E-state index contributed by atoms with van der Waals surface area (Å²) in [7, 11) is 1.60. The molecule has 1 atom stereocenters. The van der Waals surface area contributed by atoms with Gasteiger partial charge in [-0.3, -0.25) is 0 Å². The number of thiocarbonyl (C=S) groups is 1. The lowest BCUT2D eigenvalue weighted by Gasteiger charge is -2.23. The van der Waals surface area contributed by atoms with Gasteiger partial charge in [0.1, 0.15) is 0 Å². The molecule has 5 heteroatoms. The number of nitrogens with one attached hydrogen (secondary N) is 2. The molecule has 0 saturated heterocycles. The van der Waals surface area contributed by atoms with Crippen LogP contribution in [0, 0.1) is 5.92 Å². The summed E-state index contributed by atoms with van der Waals surface area (Å²) >= 11 is 5.45. The van der Waals surface area contributed by atoms with Gasteiger partial charge in [-0.2, -0.15) is 0 Å². The fourth-order valence-corrected chi connectivity index (χ4v) is 2.60. The maximum Gasteiger partial charge on any atom is 0.213 e. The highest BCUT2D eigenvalue weighted by atomic mass is 32.1. The smallest absolute Gasteiger partial charge is 0.213 e.